The van der Waals surface area contributed by atoms with Crippen molar-refractivity contribution >= 4 is 0 Å². The fourth-order valence-electron chi connectivity index (χ4n) is 5.00. The summed E-state index contributed by atoms with van der Waals surface area (Å²) in [6, 6.07) is 12.5. The third-order valence-corrected chi connectivity index (χ3v) is 6.44. The lowest BCUT2D eigenvalue weighted by Gasteiger charge is -2.43. The molecule has 1 aromatic carbocycles. The number of piperazine rings is 1. The normalized spacial score (nSPS) is 32.4. The molecule has 1 N–H and O–H groups in total. The van der Waals surface area contributed by atoms with E-state index >= 15 is 0 Å². The Bertz CT molecular complexity index is 495. The van der Waals surface area contributed by atoms with Crippen molar-refractivity contribution in [1.29, 1.82) is 0 Å². The second-order valence-electron chi connectivity index (χ2n) is 8.15. The molecule has 3 unspecified atom stereocenters. The van der Waals surface area contributed by atoms with Crippen LogP contribution in [-0.2, 0) is 6.54 Å². The lowest BCUT2D eigenvalue weighted by molar-refractivity contribution is 0.0965. The lowest BCUT2D eigenvalue weighted by Crippen LogP contribution is -2.55. The molecule has 132 valence electrons. The van der Waals surface area contributed by atoms with Gasteiger partial charge in [-0.05, 0) is 37.2 Å². The summed E-state index contributed by atoms with van der Waals surface area (Å²) in [5.41, 5.74) is 1.45. The van der Waals surface area contributed by atoms with Crippen LogP contribution >= 0.6 is 0 Å². The van der Waals surface area contributed by atoms with Crippen LogP contribution in [0.1, 0.15) is 44.1 Å². The maximum atomic E-state index is 4.00. The first-order valence-corrected chi connectivity index (χ1v) is 10.1. The van der Waals surface area contributed by atoms with Crippen LogP contribution in [0.4, 0.5) is 0 Å². The standard InChI is InChI=1S/C21H33N3/c1-2-6-18(7-3-1)16-23-12-14-24(15-13-23)17-20-11-10-19-8-4-5-9-21(19)22-20/h1-3,6-7,19-22H,4-5,8-17H2. The summed E-state index contributed by atoms with van der Waals surface area (Å²) in [7, 11) is 0. The number of hydrogen-bond donors (Lipinski definition) is 1. The topological polar surface area (TPSA) is 18.5 Å². The Morgan fingerprint density at radius 3 is 2.42 bits per heavy atom. The molecule has 1 aromatic rings. The number of rotatable bonds is 4. The smallest absolute Gasteiger partial charge is 0.0234 e. The number of nitrogens with one attached hydrogen (secondary N) is 1. The summed E-state index contributed by atoms with van der Waals surface area (Å²) in [5.74, 6) is 0.984. The molecule has 0 bridgehead atoms. The van der Waals surface area contributed by atoms with Crippen molar-refractivity contribution in [2.75, 3.05) is 32.7 Å². The zero-order chi connectivity index (χ0) is 16.2. The van der Waals surface area contributed by atoms with Crippen molar-refractivity contribution < 1.29 is 0 Å². The molecule has 0 amide bonds. The van der Waals surface area contributed by atoms with E-state index in [4.69, 9.17) is 0 Å². The minimum absolute atomic E-state index is 0.741. The number of piperidine rings is 1. The number of benzene rings is 1. The van der Waals surface area contributed by atoms with Crippen LogP contribution in [0.5, 0.6) is 0 Å². The Hall–Kier alpha value is -0.900. The van der Waals surface area contributed by atoms with Crippen LogP contribution in [-0.4, -0.2) is 54.6 Å². The molecule has 4 rings (SSSR count). The van der Waals surface area contributed by atoms with Gasteiger partial charge in [0.2, 0.25) is 0 Å². The van der Waals surface area contributed by atoms with Gasteiger partial charge in [0.15, 0.2) is 0 Å². The highest BCUT2D eigenvalue weighted by Crippen LogP contribution is 2.32. The minimum Gasteiger partial charge on any atom is -0.310 e. The molecule has 0 aromatic heterocycles. The van der Waals surface area contributed by atoms with E-state index in [1.807, 2.05) is 0 Å². The quantitative estimate of drug-likeness (QED) is 0.917. The number of nitrogens with zero attached hydrogens (tertiary/aromatic N) is 2. The lowest BCUT2D eigenvalue weighted by atomic mass is 9.77. The summed E-state index contributed by atoms with van der Waals surface area (Å²) in [4.78, 5) is 5.31. The maximum absolute atomic E-state index is 4.00. The summed E-state index contributed by atoms with van der Waals surface area (Å²) in [5, 5.41) is 4.00. The van der Waals surface area contributed by atoms with Gasteiger partial charge < -0.3 is 5.32 Å². The van der Waals surface area contributed by atoms with Crippen LogP contribution in [0.2, 0.25) is 0 Å². The molecule has 1 saturated carbocycles. The minimum atomic E-state index is 0.741. The highest BCUT2D eigenvalue weighted by molar-refractivity contribution is 5.14. The monoisotopic (exact) mass is 327 g/mol. The molecule has 2 saturated heterocycles. The van der Waals surface area contributed by atoms with Crippen molar-refractivity contribution in [3.63, 3.8) is 0 Å². The van der Waals surface area contributed by atoms with Crippen LogP contribution in [0, 0.1) is 5.92 Å². The van der Waals surface area contributed by atoms with Gasteiger partial charge in [-0.2, -0.15) is 0 Å². The molecule has 0 radical (unpaired) electrons. The molecule has 3 atom stereocenters. The molecular weight excluding hydrogens is 294 g/mol. The largest absolute Gasteiger partial charge is 0.310 e. The number of hydrogen-bond acceptors (Lipinski definition) is 3. The SMILES string of the molecule is c1ccc(CN2CCN(CC3CCC4CCCCC4N3)CC2)cc1. The molecule has 2 heterocycles. The Kier molecular flexibility index (Phi) is 5.51. The van der Waals surface area contributed by atoms with E-state index in [9.17, 15) is 0 Å². The van der Waals surface area contributed by atoms with Crippen molar-refractivity contribution in [2.45, 2.75) is 57.2 Å². The van der Waals surface area contributed by atoms with Crippen LogP contribution < -0.4 is 5.32 Å². The Balaban J connectivity index is 1.20. The second-order valence-corrected chi connectivity index (χ2v) is 8.15. The molecule has 3 heteroatoms. The molecule has 0 spiro atoms. The first-order chi connectivity index (χ1) is 11.9. The molecule has 3 fully saturated rings. The molecule has 2 aliphatic heterocycles. The molecule has 3 aliphatic rings. The van der Waals surface area contributed by atoms with Gasteiger partial charge >= 0.3 is 0 Å². The predicted octanol–water partition coefficient (Wildman–Crippen LogP) is 3.12. The van der Waals surface area contributed by atoms with Gasteiger partial charge in [0.1, 0.15) is 0 Å². The first-order valence-electron chi connectivity index (χ1n) is 10.1. The van der Waals surface area contributed by atoms with Crippen molar-refractivity contribution in [3.05, 3.63) is 35.9 Å². The fraction of sp³-hybridized carbons (Fsp3) is 0.714. The van der Waals surface area contributed by atoms with Gasteiger partial charge in [0.05, 0.1) is 0 Å². The molecular formula is C21H33N3. The van der Waals surface area contributed by atoms with E-state index in [2.05, 4.69) is 45.4 Å². The molecule has 1 aliphatic carbocycles. The number of fused-ring (bicyclic) bond motifs is 1. The van der Waals surface area contributed by atoms with Gasteiger partial charge in [-0.1, -0.05) is 43.2 Å². The van der Waals surface area contributed by atoms with Gasteiger partial charge in [0.25, 0.3) is 0 Å². The van der Waals surface area contributed by atoms with Crippen LogP contribution in [0.3, 0.4) is 0 Å². The Morgan fingerprint density at radius 2 is 1.58 bits per heavy atom. The summed E-state index contributed by atoms with van der Waals surface area (Å²) in [6.07, 6.45) is 8.67. The van der Waals surface area contributed by atoms with Crippen LogP contribution in [0.25, 0.3) is 0 Å². The highest BCUT2D eigenvalue weighted by Gasteiger charge is 2.32. The van der Waals surface area contributed by atoms with Gasteiger partial charge in [-0.25, -0.2) is 0 Å². The molecule has 3 nitrogen and oxygen atoms in total. The van der Waals surface area contributed by atoms with E-state index < -0.39 is 0 Å². The van der Waals surface area contributed by atoms with E-state index in [-0.39, 0.29) is 0 Å². The summed E-state index contributed by atoms with van der Waals surface area (Å²) < 4.78 is 0. The summed E-state index contributed by atoms with van der Waals surface area (Å²) in [6.45, 7) is 7.28. The van der Waals surface area contributed by atoms with E-state index in [0.717, 1.165) is 24.5 Å². The first kappa shape index (κ1) is 16.6. The van der Waals surface area contributed by atoms with Gasteiger partial charge in [-0.3, -0.25) is 9.80 Å². The van der Waals surface area contributed by atoms with E-state index in [1.54, 1.807) is 0 Å². The van der Waals surface area contributed by atoms with Crippen LogP contribution in [0.15, 0.2) is 30.3 Å². The average molecular weight is 328 g/mol. The molecule has 24 heavy (non-hydrogen) atoms. The highest BCUT2D eigenvalue weighted by atomic mass is 15.3. The third kappa shape index (κ3) is 4.19. The predicted molar refractivity (Wildman–Crippen MR) is 100 cm³/mol. The van der Waals surface area contributed by atoms with Crippen molar-refractivity contribution in [2.24, 2.45) is 5.92 Å². The third-order valence-electron chi connectivity index (χ3n) is 6.44. The van der Waals surface area contributed by atoms with E-state index in [0.29, 0.717) is 0 Å². The van der Waals surface area contributed by atoms with Crippen molar-refractivity contribution in [3.8, 4) is 0 Å². The second kappa shape index (κ2) is 7.99. The average Bonchev–Trinajstić information content (AvgIpc) is 2.64. The Labute approximate surface area is 147 Å². The summed E-state index contributed by atoms with van der Waals surface area (Å²) >= 11 is 0. The maximum Gasteiger partial charge on any atom is 0.0234 e. The van der Waals surface area contributed by atoms with E-state index in [1.165, 1.54) is 76.8 Å². The zero-order valence-electron chi connectivity index (χ0n) is 15.0. The van der Waals surface area contributed by atoms with Gasteiger partial charge in [-0.15, -0.1) is 0 Å². The van der Waals surface area contributed by atoms with Gasteiger partial charge in [0, 0.05) is 51.4 Å². The van der Waals surface area contributed by atoms with Crippen molar-refractivity contribution in [1.82, 2.24) is 15.1 Å². The zero-order valence-corrected chi connectivity index (χ0v) is 15.0. The Morgan fingerprint density at radius 1 is 0.833 bits per heavy atom. The fourth-order valence-corrected chi connectivity index (χ4v) is 5.00.